The van der Waals surface area contributed by atoms with Gasteiger partial charge in [0.15, 0.2) is 6.29 Å². The first kappa shape index (κ1) is 51.4. The quantitative estimate of drug-likeness (QED) is 0.0270. The fourth-order valence-corrected chi connectivity index (χ4v) is 7.12. The SMILES string of the molecule is CC/C=C\C/C=C\C/C=C\CCCCCCCCCC(=O)NC(COC1OC(CO)C(O)C(O)C1O)C(O)CCCCCCCCCCCCCCCCC. The highest BCUT2D eigenvalue weighted by atomic mass is 16.7. The molecule has 1 aliphatic rings. The number of carbonyl (C=O) groups is 1. The lowest BCUT2D eigenvalue weighted by atomic mass is 9.99. The molecule has 0 spiro atoms. The van der Waals surface area contributed by atoms with Gasteiger partial charge in [-0.15, -0.1) is 0 Å². The maximum Gasteiger partial charge on any atom is 0.220 e. The molecule has 1 saturated heterocycles. The van der Waals surface area contributed by atoms with E-state index in [-0.39, 0.29) is 12.5 Å². The lowest BCUT2D eigenvalue weighted by molar-refractivity contribution is -0.302. The normalized spacial score (nSPS) is 21.6. The van der Waals surface area contributed by atoms with Gasteiger partial charge in [-0.25, -0.2) is 0 Å². The van der Waals surface area contributed by atoms with Crippen molar-refractivity contribution in [3.05, 3.63) is 36.5 Å². The third kappa shape index (κ3) is 27.6. The van der Waals surface area contributed by atoms with Crippen LogP contribution in [-0.4, -0.2) is 87.5 Å². The van der Waals surface area contributed by atoms with E-state index >= 15 is 0 Å². The molecule has 0 aromatic rings. The lowest BCUT2D eigenvalue weighted by Gasteiger charge is -2.40. The third-order valence-corrected chi connectivity index (χ3v) is 10.8. The van der Waals surface area contributed by atoms with Crippen LogP contribution in [0, 0.1) is 0 Å². The molecule has 0 aromatic carbocycles. The molecule has 1 aliphatic heterocycles. The third-order valence-electron chi connectivity index (χ3n) is 10.8. The number of hydrogen-bond donors (Lipinski definition) is 6. The summed E-state index contributed by atoms with van der Waals surface area (Å²) in [6, 6.07) is -0.723. The predicted octanol–water partition coefficient (Wildman–Crippen LogP) is 9.28. The molecular weight excluding hydrogens is 695 g/mol. The number of nitrogens with one attached hydrogen (secondary N) is 1. The van der Waals surface area contributed by atoms with Crippen LogP contribution < -0.4 is 5.32 Å². The summed E-state index contributed by atoms with van der Waals surface area (Å²) in [6.45, 7) is 3.71. The Morgan fingerprint density at radius 1 is 0.636 bits per heavy atom. The molecule has 6 N–H and O–H groups in total. The molecule has 9 heteroatoms. The fourth-order valence-electron chi connectivity index (χ4n) is 7.12. The number of aliphatic hydroxyl groups is 5. The summed E-state index contributed by atoms with van der Waals surface area (Å²) in [5, 5.41) is 54.3. The van der Waals surface area contributed by atoms with E-state index in [0.717, 1.165) is 70.6 Å². The predicted molar refractivity (Wildman–Crippen MR) is 226 cm³/mol. The van der Waals surface area contributed by atoms with Gasteiger partial charge >= 0.3 is 0 Å². The number of allylic oxidation sites excluding steroid dienone is 6. The molecule has 0 aromatic heterocycles. The van der Waals surface area contributed by atoms with Crippen LogP contribution in [0.15, 0.2) is 36.5 Å². The van der Waals surface area contributed by atoms with Crippen LogP contribution in [0.5, 0.6) is 0 Å². The maximum absolute atomic E-state index is 13.0. The molecule has 9 nitrogen and oxygen atoms in total. The highest BCUT2D eigenvalue weighted by Crippen LogP contribution is 2.23. The number of rotatable bonds is 37. The molecule has 0 radical (unpaired) electrons. The van der Waals surface area contributed by atoms with Gasteiger partial charge in [0, 0.05) is 6.42 Å². The Kier molecular flexibility index (Phi) is 34.3. The van der Waals surface area contributed by atoms with Gasteiger partial charge in [0.25, 0.3) is 0 Å². The van der Waals surface area contributed by atoms with Crippen molar-refractivity contribution in [2.24, 2.45) is 0 Å². The van der Waals surface area contributed by atoms with Gasteiger partial charge in [0.2, 0.25) is 5.91 Å². The largest absolute Gasteiger partial charge is 0.394 e. The Bertz CT molecular complexity index is 956. The Labute approximate surface area is 336 Å². The molecule has 0 aliphatic carbocycles. The van der Waals surface area contributed by atoms with Gasteiger partial charge in [-0.2, -0.15) is 0 Å². The zero-order chi connectivity index (χ0) is 40.2. The second-order valence-corrected chi connectivity index (χ2v) is 15.8. The molecule has 55 heavy (non-hydrogen) atoms. The van der Waals surface area contributed by atoms with Crippen LogP contribution in [0.1, 0.15) is 194 Å². The number of aliphatic hydroxyl groups excluding tert-OH is 5. The average molecular weight is 780 g/mol. The van der Waals surface area contributed by atoms with Crippen LogP contribution in [0.25, 0.3) is 0 Å². The molecule has 7 unspecified atom stereocenters. The molecule has 322 valence electrons. The fraction of sp³-hybridized carbons (Fsp3) is 0.848. The monoisotopic (exact) mass is 780 g/mol. The Morgan fingerprint density at radius 2 is 1.13 bits per heavy atom. The van der Waals surface area contributed by atoms with Crippen LogP contribution >= 0.6 is 0 Å². The first-order chi connectivity index (χ1) is 26.8. The minimum Gasteiger partial charge on any atom is -0.394 e. The molecule has 0 saturated carbocycles. The van der Waals surface area contributed by atoms with Crippen LogP contribution in [-0.2, 0) is 14.3 Å². The van der Waals surface area contributed by atoms with E-state index in [4.69, 9.17) is 9.47 Å². The minimum atomic E-state index is -1.55. The Balaban J connectivity index is 2.34. The zero-order valence-corrected chi connectivity index (χ0v) is 35.2. The van der Waals surface area contributed by atoms with E-state index in [1.165, 1.54) is 96.3 Å². The van der Waals surface area contributed by atoms with Crippen molar-refractivity contribution in [1.29, 1.82) is 0 Å². The van der Waals surface area contributed by atoms with Crippen LogP contribution in [0.2, 0.25) is 0 Å². The number of ether oxygens (including phenoxy) is 2. The second-order valence-electron chi connectivity index (χ2n) is 15.8. The van der Waals surface area contributed by atoms with Gasteiger partial charge in [-0.05, 0) is 44.9 Å². The van der Waals surface area contributed by atoms with E-state index in [9.17, 15) is 30.3 Å². The first-order valence-electron chi connectivity index (χ1n) is 22.7. The summed E-state index contributed by atoms with van der Waals surface area (Å²) in [4.78, 5) is 13.0. The first-order valence-corrected chi connectivity index (χ1v) is 22.7. The molecule has 1 fully saturated rings. The Hall–Kier alpha value is -1.59. The molecule has 0 bridgehead atoms. The van der Waals surface area contributed by atoms with Gasteiger partial charge in [0.05, 0.1) is 25.4 Å². The highest BCUT2D eigenvalue weighted by molar-refractivity contribution is 5.76. The molecule has 1 heterocycles. The Morgan fingerprint density at radius 3 is 1.67 bits per heavy atom. The summed E-state index contributed by atoms with van der Waals surface area (Å²) in [5.74, 6) is -0.156. The van der Waals surface area contributed by atoms with Crippen molar-refractivity contribution in [3.8, 4) is 0 Å². The standard InChI is InChI=1S/C46H85NO8/c1-3-5-7-9-11-13-15-17-19-20-22-24-26-28-30-32-34-36-42(50)47-39(38-54-46-45(53)44(52)43(51)41(37-48)55-46)40(49)35-33-31-29-27-25-23-21-18-16-14-12-10-8-6-4-2/h5,7,11,13,17,19,39-41,43-46,48-49,51-53H,3-4,6,8-10,12,14-16,18,20-38H2,1-2H3,(H,47,50)/b7-5-,13-11-,19-17-. The summed E-state index contributed by atoms with van der Waals surface area (Å²) >= 11 is 0. The topological polar surface area (TPSA) is 149 Å². The maximum atomic E-state index is 13.0. The van der Waals surface area contributed by atoms with Gasteiger partial charge in [0.1, 0.15) is 24.4 Å². The average Bonchev–Trinajstić information content (AvgIpc) is 3.18. The van der Waals surface area contributed by atoms with Crippen molar-refractivity contribution in [2.75, 3.05) is 13.2 Å². The van der Waals surface area contributed by atoms with Crippen LogP contribution in [0.3, 0.4) is 0 Å². The van der Waals surface area contributed by atoms with E-state index in [2.05, 4.69) is 55.6 Å². The molecule has 1 amide bonds. The number of carbonyl (C=O) groups excluding carboxylic acids is 1. The lowest BCUT2D eigenvalue weighted by Crippen LogP contribution is -2.60. The number of unbranched alkanes of at least 4 members (excludes halogenated alkanes) is 21. The summed E-state index contributed by atoms with van der Waals surface area (Å²) in [6.07, 6.45) is 37.1. The second kappa shape index (κ2) is 36.7. The van der Waals surface area contributed by atoms with Crippen molar-refractivity contribution >= 4 is 5.91 Å². The molecular formula is C46H85NO8. The van der Waals surface area contributed by atoms with Crippen LogP contribution in [0.4, 0.5) is 0 Å². The van der Waals surface area contributed by atoms with E-state index in [0.29, 0.717) is 12.8 Å². The van der Waals surface area contributed by atoms with Crippen molar-refractivity contribution in [3.63, 3.8) is 0 Å². The molecule has 1 rings (SSSR count). The highest BCUT2D eigenvalue weighted by Gasteiger charge is 2.44. The molecule has 7 atom stereocenters. The summed E-state index contributed by atoms with van der Waals surface area (Å²) < 4.78 is 11.2. The van der Waals surface area contributed by atoms with Gasteiger partial charge in [-0.3, -0.25) is 4.79 Å². The van der Waals surface area contributed by atoms with Crippen molar-refractivity contribution in [2.45, 2.75) is 236 Å². The van der Waals surface area contributed by atoms with E-state index in [1.807, 2.05) is 0 Å². The van der Waals surface area contributed by atoms with Gasteiger partial charge < -0.3 is 40.3 Å². The van der Waals surface area contributed by atoms with Gasteiger partial charge in [-0.1, -0.05) is 179 Å². The van der Waals surface area contributed by atoms with E-state index in [1.54, 1.807) is 0 Å². The van der Waals surface area contributed by atoms with E-state index < -0.39 is 49.5 Å². The zero-order valence-electron chi connectivity index (χ0n) is 35.2. The number of hydrogen-bond acceptors (Lipinski definition) is 8. The summed E-state index contributed by atoms with van der Waals surface area (Å²) in [7, 11) is 0. The summed E-state index contributed by atoms with van der Waals surface area (Å²) in [5.41, 5.74) is 0. The smallest absolute Gasteiger partial charge is 0.220 e. The minimum absolute atomic E-state index is 0.142. The van der Waals surface area contributed by atoms with Crippen molar-refractivity contribution in [1.82, 2.24) is 5.32 Å². The van der Waals surface area contributed by atoms with Crippen molar-refractivity contribution < 1.29 is 39.8 Å². The number of amides is 1.